The number of carbonyl (C=O) groups excluding carboxylic acids is 2. The van der Waals surface area contributed by atoms with Crippen LogP contribution in [0.15, 0.2) is 73.0 Å². The Morgan fingerprint density at radius 2 is 1.90 bits per heavy atom. The van der Waals surface area contributed by atoms with Crippen LogP contribution in [-0.2, 0) is 16.1 Å². The van der Waals surface area contributed by atoms with Gasteiger partial charge in [0, 0.05) is 37.2 Å². The van der Waals surface area contributed by atoms with Crippen LogP contribution in [0.3, 0.4) is 0 Å². The molecule has 2 aromatic heterocycles. The summed E-state index contributed by atoms with van der Waals surface area (Å²) in [5.41, 5.74) is 1.14. The van der Waals surface area contributed by atoms with Gasteiger partial charge in [-0.2, -0.15) is 0 Å². The van der Waals surface area contributed by atoms with E-state index in [1.54, 1.807) is 48.9 Å². The number of pyridine rings is 1. The molecule has 7 nitrogen and oxygen atoms in total. The Labute approximate surface area is 178 Å². The van der Waals surface area contributed by atoms with E-state index < -0.39 is 17.7 Å². The van der Waals surface area contributed by atoms with E-state index >= 15 is 0 Å². The zero-order valence-electron chi connectivity index (χ0n) is 16.0. The molecular weight excluding hydrogens is 404 g/mol. The first-order valence-electron chi connectivity index (χ1n) is 9.47. The SMILES string of the molecule is O=C1C(=O)N(CCCn2ccnc2)C(c2ccc(Cl)nc2)/C1=C(/O)c1ccccc1. The van der Waals surface area contributed by atoms with E-state index in [-0.39, 0.29) is 11.3 Å². The van der Waals surface area contributed by atoms with Gasteiger partial charge in [-0.05, 0) is 18.1 Å². The molecule has 8 heteroatoms. The first-order chi connectivity index (χ1) is 14.6. The summed E-state index contributed by atoms with van der Waals surface area (Å²) >= 11 is 5.92. The van der Waals surface area contributed by atoms with Crippen LogP contribution in [0, 0.1) is 0 Å². The Morgan fingerprint density at radius 1 is 1.10 bits per heavy atom. The summed E-state index contributed by atoms with van der Waals surface area (Å²) in [5, 5.41) is 11.2. The van der Waals surface area contributed by atoms with Crippen molar-refractivity contribution in [1.82, 2.24) is 19.4 Å². The summed E-state index contributed by atoms with van der Waals surface area (Å²) < 4.78 is 1.90. The lowest BCUT2D eigenvalue weighted by Crippen LogP contribution is -2.31. The van der Waals surface area contributed by atoms with Gasteiger partial charge in [0.15, 0.2) is 0 Å². The van der Waals surface area contributed by atoms with Crippen LogP contribution in [0.2, 0.25) is 5.15 Å². The summed E-state index contributed by atoms with van der Waals surface area (Å²) in [6.45, 7) is 0.981. The fourth-order valence-corrected chi connectivity index (χ4v) is 3.71. The van der Waals surface area contributed by atoms with Gasteiger partial charge in [-0.15, -0.1) is 0 Å². The van der Waals surface area contributed by atoms with E-state index in [4.69, 9.17) is 11.6 Å². The standard InChI is InChI=1S/C22H19ClN4O3/c23-17-8-7-16(13-25-17)19-18(20(28)15-5-2-1-3-6-15)21(29)22(30)27(19)11-4-10-26-12-9-24-14-26/h1-3,5-9,12-14,19,28H,4,10-11H2/b20-18-. The lowest BCUT2D eigenvalue weighted by molar-refractivity contribution is -0.139. The summed E-state index contributed by atoms with van der Waals surface area (Å²) in [6.07, 6.45) is 7.37. The topological polar surface area (TPSA) is 88.3 Å². The van der Waals surface area contributed by atoms with Gasteiger partial charge in [-0.25, -0.2) is 9.97 Å². The van der Waals surface area contributed by atoms with Crippen molar-refractivity contribution in [2.75, 3.05) is 6.54 Å². The number of likely N-dealkylation sites (tertiary alicyclic amines) is 1. The minimum Gasteiger partial charge on any atom is -0.507 e. The fourth-order valence-electron chi connectivity index (χ4n) is 3.60. The maximum absolute atomic E-state index is 12.9. The molecule has 1 saturated heterocycles. The quantitative estimate of drug-likeness (QED) is 0.284. The highest BCUT2D eigenvalue weighted by molar-refractivity contribution is 6.46. The molecule has 1 aliphatic heterocycles. The van der Waals surface area contributed by atoms with Crippen molar-refractivity contribution in [3.8, 4) is 0 Å². The number of benzene rings is 1. The molecule has 1 aliphatic rings. The Balaban J connectivity index is 1.72. The van der Waals surface area contributed by atoms with E-state index in [0.717, 1.165) is 0 Å². The number of hydrogen-bond acceptors (Lipinski definition) is 5. The Bertz CT molecular complexity index is 1080. The number of imidazole rings is 1. The van der Waals surface area contributed by atoms with Gasteiger partial charge in [-0.1, -0.05) is 48.0 Å². The first-order valence-corrected chi connectivity index (χ1v) is 9.85. The third-order valence-electron chi connectivity index (χ3n) is 5.03. The number of amides is 1. The molecule has 1 fully saturated rings. The number of halogens is 1. The van der Waals surface area contributed by atoms with Gasteiger partial charge in [0.05, 0.1) is 17.9 Å². The van der Waals surface area contributed by atoms with Gasteiger partial charge >= 0.3 is 0 Å². The van der Waals surface area contributed by atoms with Crippen molar-refractivity contribution in [2.45, 2.75) is 19.0 Å². The number of aliphatic hydroxyl groups excluding tert-OH is 1. The van der Waals surface area contributed by atoms with Gasteiger partial charge in [0.2, 0.25) is 0 Å². The molecule has 30 heavy (non-hydrogen) atoms. The molecule has 0 spiro atoms. The second-order valence-corrected chi connectivity index (χ2v) is 7.31. The second-order valence-electron chi connectivity index (χ2n) is 6.93. The Hall–Kier alpha value is -3.45. The van der Waals surface area contributed by atoms with Gasteiger partial charge < -0.3 is 14.6 Å². The number of nitrogens with zero attached hydrogens (tertiary/aromatic N) is 4. The molecule has 0 bridgehead atoms. The van der Waals surface area contributed by atoms with Crippen molar-refractivity contribution in [3.05, 3.63) is 89.2 Å². The van der Waals surface area contributed by atoms with Crippen molar-refractivity contribution >= 4 is 29.1 Å². The lowest BCUT2D eigenvalue weighted by Gasteiger charge is -2.25. The van der Waals surface area contributed by atoms with Gasteiger partial charge in [0.1, 0.15) is 10.9 Å². The maximum atomic E-state index is 12.9. The van der Waals surface area contributed by atoms with Crippen LogP contribution in [0.4, 0.5) is 0 Å². The third kappa shape index (κ3) is 3.84. The second kappa shape index (κ2) is 8.51. The van der Waals surface area contributed by atoms with Crippen molar-refractivity contribution in [2.24, 2.45) is 0 Å². The molecule has 152 valence electrons. The summed E-state index contributed by atoms with van der Waals surface area (Å²) in [5.74, 6) is -1.55. The molecule has 1 amide bonds. The Morgan fingerprint density at radius 3 is 2.57 bits per heavy atom. The predicted molar refractivity (Wildman–Crippen MR) is 112 cm³/mol. The van der Waals surface area contributed by atoms with Gasteiger partial charge in [0.25, 0.3) is 11.7 Å². The van der Waals surface area contributed by atoms with Crippen molar-refractivity contribution < 1.29 is 14.7 Å². The normalized spacial score (nSPS) is 18.2. The zero-order chi connectivity index (χ0) is 21.1. The molecule has 3 aromatic rings. The maximum Gasteiger partial charge on any atom is 0.295 e. The molecule has 1 unspecified atom stereocenters. The number of hydrogen-bond donors (Lipinski definition) is 1. The van der Waals surface area contributed by atoms with E-state index in [0.29, 0.717) is 35.8 Å². The Kier molecular flexibility index (Phi) is 5.63. The van der Waals surface area contributed by atoms with Crippen molar-refractivity contribution in [3.63, 3.8) is 0 Å². The average molecular weight is 423 g/mol. The van der Waals surface area contributed by atoms with Gasteiger partial charge in [-0.3, -0.25) is 9.59 Å². The number of rotatable bonds is 6. The lowest BCUT2D eigenvalue weighted by atomic mass is 9.96. The van der Waals surface area contributed by atoms with Crippen LogP contribution >= 0.6 is 11.6 Å². The highest BCUT2D eigenvalue weighted by atomic mass is 35.5. The number of aromatic nitrogens is 3. The zero-order valence-corrected chi connectivity index (χ0v) is 16.7. The van der Waals surface area contributed by atoms with Crippen LogP contribution in [0.1, 0.15) is 23.6 Å². The molecule has 0 saturated carbocycles. The molecule has 0 aliphatic carbocycles. The highest BCUT2D eigenvalue weighted by Crippen LogP contribution is 2.39. The smallest absolute Gasteiger partial charge is 0.295 e. The molecule has 1 N–H and O–H groups in total. The van der Waals surface area contributed by atoms with E-state index in [2.05, 4.69) is 9.97 Å². The fraction of sp³-hybridized carbons (Fsp3) is 0.182. The summed E-state index contributed by atoms with van der Waals surface area (Å²) in [7, 11) is 0. The molecule has 4 rings (SSSR count). The highest BCUT2D eigenvalue weighted by Gasteiger charge is 2.45. The largest absolute Gasteiger partial charge is 0.507 e. The molecule has 3 heterocycles. The predicted octanol–water partition coefficient (Wildman–Crippen LogP) is 3.44. The van der Waals surface area contributed by atoms with Crippen LogP contribution in [0.5, 0.6) is 0 Å². The van der Waals surface area contributed by atoms with E-state index in [9.17, 15) is 14.7 Å². The van der Waals surface area contributed by atoms with Crippen LogP contribution < -0.4 is 0 Å². The molecule has 1 atom stereocenters. The third-order valence-corrected chi connectivity index (χ3v) is 5.25. The molecule has 0 radical (unpaired) electrons. The minimum atomic E-state index is -0.738. The number of ketones is 1. The monoisotopic (exact) mass is 422 g/mol. The first kappa shape index (κ1) is 19.8. The number of Topliss-reactive ketones (excluding diaryl/α,β-unsaturated/α-hetero) is 1. The number of aryl methyl sites for hydroxylation is 1. The average Bonchev–Trinajstić information content (AvgIpc) is 3.37. The minimum absolute atomic E-state index is 0.0537. The number of aliphatic hydroxyl groups is 1. The number of carbonyl (C=O) groups is 2. The molecule has 1 aromatic carbocycles. The summed E-state index contributed by atoms with van der Waals surface area (Å²) in [6, 6.07) is 11.3. The van der Waals surface area contributed by atoms with Crippen molar-refractivity contribution in [1.29, 1.82) is 0 Å². The molecular formula is C22H19ClN4O3. The summed E-state index contributed by atoms with van der Waals surface area (Å²) in [4.78, 5) is 35.3. The van der Waals surface area contributed by atoms with Crippen LogP contribution in [0.25, 0.3) is 5.76 Å². The van der Waals surface area contributed by atoms with E-state index in [1.165, 1.54) is 11.1 Å². The van der Waals surface area contributed by atoms with E-state index in [1.807, 2.05) is 16.8 Å². The van der Waals surface area contributed by atoms with Crippen LogP contribution in [-0.4, -0.2) is 42.8 Å².